The van der Waals surface area contributed by atoms with Crippen LogP contribution in [-0.4, -0.2) is 153 Å². The van der Waals surface area contributed by atoms with Crippen LogP contribution in [0.4, 0.5) is 0 Å². The van der Waals surface area contributed by atoms with Gasteiger partial charge in [0.2, 0.25) is 6.29 Å². The number of fused-ring (bicyclic) bond motifs is 3. The van der Waals surface area contributed by atoms with E-state index in [0.29, 0.717) is 5.57 Å². The van der Waals surface area contributed by atoms with Gasteiger partial charge in [-0.1, -0.05) is 13.8 Å². The van der Waals surface area contributed by atoms with E-state index in [1.165, 1.54) is 6.26 Å². The lowest BCUT2D eigenvalue weighted by atomic mass is 9.79. The Morgan fingerprint density at radius 1 is 0.977 bits per heavy atom. The highest BCUT2D eigenvalue weighted by molar-refractivity contribution is 5.69. The highest BCUT2D eigenvalue weighted by Gasteiger charge is 2.74. The van der Waals surface area contributed by atoms with E-state index in [0.717, 1.165) is 0 Å². The topological polar surface area (TPSA) is 247 Å². The summed E-state index contributed by atoms with van der Waals surface area (Å²) in [6.07, 6.45) is -13.3. The summed E-state index contributed by atoms with van der Waals surface area (Å²) in [5.74, 6) is -1.89. The van der Waals surface area contributed by atoms with Gasteiger partial charge in [-0.25, -0.2) is 0 Å². The lowest BCUT2D eigenvalue weighted by Crippen LogP contribution is -2.59. The Bertz CT molecular complexity index is 1010. The molecule has 1 aliphatic carbocycles. The molecular formula is C27H42O16. The van der Waals surface area contributed by atoms with E-state index >= 15 is 0 Å². The average Bonchev–Trinajstić information content (AvgIpc) is 3.72. The van der Waals surface area contributed by atoms with Crippen LogP contribution in [0.25, 0.3) is 0 Å². The van der Waals surface area contributed by atoms with Gasteiger partial charge in [0.25, 0.3) is 0 Å². The molecule has 8 N–H and O–H groups in total. The molecule has 3 saturated heterocycles. The number of carbonyl (C=O) groups excluding carboxylic acids is 1. The lowest BCUT2D eigenvalue weighted by Gasteiger charge is -2.42. The Morgan fingerprint density at radius 2 is 1.70 bits per heavy atom. The molecule has 246 valence electrons. The molecule has 0 radical (unpaired) electrons. The molecule has 5 rings (SSSR count). The number of esters is 1. The first kappa shape index (κ1) is 32.9. The highest BCUT2D eigenvalue weighted by atomic mass is 16.7. The maximum Gasteiger partial charge on any atom is 0.309 e. The van der Waals surface area contributed by atoms with Crippen molar-refractivity contribution in [3.8, 4) is 0 Å². The van der Waals surface area contributed by atoms with E-state index < -0.39 is 110 Å². The van der Waals surface area contributed by atoms with Crippen LogP contribution in [0.15, 0.2) is 11.8 Å². The van der Waals surface area contributed by atoms with Gasteiger partial charge < -0.3 is 74.0 Å². The molecule has 4 aliphatic heterocycles. The van der Waals surface area contributed by atoms with Gasteiger partial charge in [0, 0.05) is 18.8 Å². The smallest absolute Gasteiger partial charge is 0.309 e. The zero-order valence-electron chi connectivity index (χ0n) is 23.8. The van der Waals surface area contributed by atoms with Gasteiger partial charge in [-0.15, -0.1) is 0 Å². The van der Waals surface area contributed by atoms with Crippen molar-refractivity contribution in [2.75, 3.05) is 26.4 Å². The van der Waals surface area contributed by atoms with Crippen molar-refractivity contribution >= 4 is 5.97 Å². The zero-order valence-corrected chi connectivity index (χ0v) is 23.8. The number of hydrogen-bond donors (Lipinski definition) is 8. The van der Waals surface area contributed by atoms with Gasteiger partial charge in [0.05, 0.1) is 56.9 Å². The summed E-state index contributed by atoms with van der Waals surface area (Å²) in [5, 5.41) is 81.8. The molecular weight excluding hydrogens is 580 g/mol. The third-order valence-electron chi connectivity index (χ3n) is 8.70. The van der Waals surface area contributed by atoms with Crippen LogP contribution in [0.2, 0.25) is 0 Å². The molecule has 0 aromatic heterocycles. The summed E-state index contributed by atoms with van der Waals surface area (Å²) < 4.78 is 39.3. The second-order valence-corrected chi connectivity index (χ2v) is 12.3. The van der Waals surface area contributed by atoms with E-state index in [1.807, 2.05) is 13.8 Å². The van der Waals surface area contributed by atoms with Crippen molar-refractivity contribution in [2.45, 2.75) is 106 Å². The number of epoxide rings is 1. The second-order valence-electron chi connectivity index (χ2n) is 12.3. The molecule has 0 amide bonds. The minimum Gasteiger partial charge on any atom is -0.462 e. The van der Waals surface area contributed by atoms with Crippen LogP contribution in [0.3, 0.4) is 0 Å². The normalized spacial score (nSPS) is 47.4. The van der Waals surface area contributed by atoms with Gasteiger partial charge in [-0.05, 0) is 11.5 Å². The third kappa shape index (κ3) is 6.44. The van der Waals surface area contributed by atoms with Crippen molar-refractivity contribution in [1.82, 2.24) is 0 Å². The van der Waals surface area contributed by atoms with Gasteiger partial charge >= 0.3 is 5.97 Å². The number of hydrogen-bond acceptors (Lipinski definition) is 16. The fourth-order valence-corrected chi connectivity index (χ4v) is 6.35. The zero-order chi connectivity index (χ0) is 31.2. The summed E-state index contributed by atoms with van der Waals surface area (Å²) in [6, 6.07) is 0. The summed E-state index contributed by atoms with van der Waals surface area (Å²) in [5.41, 5.74) is -1.25. The van der Waals surface area contributed by atoms with E-state index in [-0.39, 0.29) is 32.0 Å². The molecule has 0 aromatic carbocycles. The lowest BCUT2D eigenvalue weighted by molar-refractivity contribution is -0.318. The monoisotopic (exact) mass is 622 g/mol. The Hall–Kier alpha value is -1.51. The maximum absolute atomic E-state index is 12.4. The Morgan fingerprint density at radius 3 is 2.37 bits per heavy atom. The van der Waals surface area contributed by atoms with Crippen LogP contribution >= 0.6 is 0 Å². The SMILES string of the molecule is CC(C)CC(=O)O[C@@H]1OC=C(CO[C@@H]2O[C@@H](CO[C@@H]3O[C@H](CO)[C@@H](O)[C@@H](O)[C@H]3O)C[C@H](O)[C@H]2O)[C@H]2C3OC3[C@@](O)(CO)[C@@H]12. The van der Waals surface area contributed by atoms with Gasteiger partial charge in [-0.2, -0.15) is 0 Å². The van der Waals surface area contributed by atoms with E-state index in [1.54, 1.807) is 0 Å². The quantitative estimate of drug-likeness (QED) is 0.0814. The molecule has 43 heavy (non-hydrogen) atoms. The number of carbonyl (C=O) groups is 1. The van der Waals surface area contributed by atoms with Crippen LogP contribution in [0, 0.1) is 17.8 Å². The molecule has 1 saturated carbocycles. The van der Waals surface area contributed by atoms with Crippen molar-refractivity contribution in [1.29, 1.82) is 0 Å². The molecule has 0 aromatic rings. The van der Waals surface area contributed by atoms with Crippen LogP contribution in [-0.2, 0) is 38.0 Å². The van der Waals surface area contributed by atoms with E-state index in [2.05, 4.69) is 0 Å². The van der Waals surface area contributed by atoms with Gasteiger partial charge in [0.15, 0.2) is 12.6 Å². The molecule has 5 aliphatic rings. The minimum atomic E-state index is -1.73. The number of rotatable bonds is 11. The Balaban J connectivity index is 1.21. The van der Waals surface area contributed by atoms with Crippen molar-refractivity contribution in [3.63, 3.8) is 0 Å². The second kappa shape index (κ2) is 13.1. The molecule has 2 unspecified atom stereocenters. The first-order chi connectivity index (χ1) is 20.4. The fourth-order valence-electron chi connectivity index (χ4n) is 6.35. The predicted molar refractivity (Wildman–Crippen MR) is 137 cm³/mol. The number of aliphatic hydroxyl groups excluding tert-OH is 7. The first-order valence-corrected chi connectivity index (χ1v) is 14.5. The molecule has 16 heteroatoms. The highest BCUT2D eigenvalue weighted by Crippen LogP contribution is 2.58. The number of ether oxygens (including phenoxy) is 7. The Labute approximate surface area is 247 Å². The predicted octanol–water partition coefficient (Wildman–Crippen LogP) is -3.78. The molecule has 15 atom stereocenters. The van der Waals surface area contributed by atoms with Crippen LogP contribution in [0.1, 0.15) is 26.7 Å². The van der Waals surface area contributed by atoms with Gasteiger partial charge in [-0.3, -0.25) is 4.79 Å². The molecule has 0 bridgehead atoms. The Kier molecular flexibility index (Phi) is 10.00. The summed E-state index contributed by atoms with van der Waals surface area (Å²) in [7, 11) is 0. The summed E-state index contributed by atoms with van der Waals surface area (Å²) >= 11 is 0. The third-order valence-corrected chi connectivity index (χ3v) is 8.70. The molecule has 16 nitrogen and oxygen atoms in total. The maximum atomic E-state index is 12.4. The van der Waals surface area contributed by atoms with Crippen LogP contribution in [0.5, 0.6) is 0 Å². The summed E-state index contributed by atoms with van der Waals surface area (Å²) in [4.78, 5) is 12.4. The summed E-state index contributed by atoms with van der Waals surface area (Å²) in [6.45, 7) is 1.96. The standard InChI is InChI=1S/C27H42O16/c1-10(2)3-15(31)42-24-17-16(22-23(43-22)27(17,36)9-29)11(6-37-24)7-38-25-18(32)13(30)4-12(40-25)8-39-26-21(35)20(34)19(33)14(5-28)41-26/h6,10,12-14,16-26,28-30,32-36H,3-5,7-9H2,1-2H3/t12-,13+,14-,16-,17-,18-,19-,20-,21-,22?,23?,24+,25-,26-,27-/m1/s1. The van der Waals surface area contributed by atoms with Gasteiger partial charge in [0.1, 0.15) is 42.2 Å². The van der Waals surface area contributed by atoms with E-state index in [9.17, 15) is 45.6 Å². The largest absolute Gasteiger partial charge is 0.462 e. The van der Waals surface area contributed by atoms with E-state index in [4.69, 9.17) is 33.2 Å². The fraction of sp³-hybridized carbons (Fsp3) is 0.889. The molecule has 4 fully saturated rings. The molecule has 0 spiro atoms. The average molecular weight is 623 g/mol. The van der Waals surface area contributed by atoms with Crippen molar-refractivity contribution < 1.29 is 78.8 Å². The number of aliphatic hydroxyl groups is 8. The van der Waals surface area contributed by atoms with Crippen LogP contribution < -0.4 is 0 Å². The molecule has 4 heterocycles. The van der Waals surface area contributed by atoms with Crippen molar-refractivity contribution in [3.05, 3.63) is 11.8 Å². The minimum absolute atomic E-state index is 0.0344. The first-order valence-electron chi connectivity index (χ1n) is 14.5. The van der Waals surface area contributed by atoms with Crippen molar-refractivity contribution in [2.24, 2.45) is 17.8 Å².